The molecule has 0 saturated heterocycles. The first-order valence-electron chi connectivity index (χ1n) is 10.6. The predicted molar refractivity (Wildman–Crippen MR) is 125 cm³/mol. The van der Waals surface area contributed by atoms with Crippen LogP contribution in [0.3, 0.4) is 0 Å². The van der Waals surface area contributed by atoms with E-state index >= 15 is 0 Å². The second-order valence-electron chi connectivity index (χ2n) is 8.12. The van der Waals surface area contributed by atoms with Crippen LogP contribution in [0.1, 0.15) is 29.3 Å². The number of nitriles is 1. The lowest BCUT2D eigenvalue weighted by Gasteiger charge is -2.31. The van der Waals surface area contributed by atoms with Crippen molar-refractivity contribution in [1.29, 1.82) is 5.26 Å². The molecule has 2 N–H and O–H groups in total. The highest BCUT2D eigenvalue weighted by molar-refractivity contribution is 5.73. The van der Waals surface area contributed by atoms with E-state index in [1.807, 2.05) is 48.5 Å². The van der Waals surface area contributed by atoms with E-state index in [9.17, 15) is 14.3 Å². The molecule has 3 aromatic carbocycles. The molecule has 0 bridgehead atoms. The van der Waals surface area contributed by atoms with E-state index in [1.165, 1.54) is 6.07 Å². The number of halogens is 1. The molecule has 4 aromatic rings. The first-order chi connectivity index (χ1) is 16.3. The van der Waals surface area contributed by atoms with E-state index in [4.69, 9.17) is 9.78 Å². The van der Waals surface area contributed by atoms with Crippen LogP contribution in [0.25, 0.3) is 22.5 Å². The van der Waals surface area contributed by atoms with Gasteiger partial charge in [-0.1, -0.05) is 71.9 Å². The van der Waals surface area contributed by atoms with Gasteiger partial charge in [0.05, 0.1) is 29.3 Å². The van der Waals surface area contributed by atoms with Gasteiger partial charge in [0.25, 0.3) is 0 Å². The minimum Gasteiger partial charge on any atom is -0.465 e. The van der Waals surface area contributed by atoms with Crippen LogP contribution in [0, 0.1) is 24.1 Å². The molecule has 0 fully saturated rings. The van der Waals surface area contributed by atoms with Crippen LogP contribution in [-0.4, -0.2) is 16.4 Å². The molecule has 34 heavy (non-hydrogen) atoms. The number of benzene rings is 3. The highest BCUT2D eigenvalue weighted by Gasteiger charge is 2.39. The van der Waals surface area contributed by atoms with E-state index in [2.05, 4.69) is 16.5 Å². The highest BCUT2D eigenvalue weighted by atomic mass is 19.1. The van der Waals surface area contributed by atoms with Crippen LogP contribution in [-0.2, 0) is 12.0 Å². The maximum atomic E-state index is 14.8. The van der Waals surface area contributed by atoms with Crippen molar-refractivity contribution in [3.63, 3.8) is 0 Å². The number of carboxylic acid groups (broad SMARTS) is 1. The number of hydrogen-bond donors (Lipinski definition) is 2. The van der Waals surface area contributed by atoms with Gasteiger partial charge in [-0.05, 0) is 36.6 Å². The van der Waals surface area contributed by atoms with Crippen molar-refractivity contribution < 1.29 is 18.8 Å². The number of amides is 1. The Kier molecular flexibility index (Phi) is 6.15. The van der Waals surface area contributed by atoms with Gasteiger partial charge in [0.1, 0.15) is 5.82 Å². The molecule has 0 aliphatic heterocycles. The fourth-order valence-electron chi connectivity index (χ4n) is 4.22. The van der Waals surface area contributed by atoms with Gasteiger partial charge in [-0.25, -0.2) is 9.18 Å². The third-order valence-corrected chi connectivity index (χ3v) is 5.85. The molecule has 1 heterocycles. The Hall–Kier alpha value is -4.44. The van der Waals surface area contributed by atoms with Crippen LogP contribution in [0.2, 0.25) is 0 Å². The van der Waals surface area contributed by atoms with Gasteiger partial charge in [0, 0.05) is 11.1 Å². The number of carbonyl (C=O) groups is 1. The summed E-state index contributed by atoms with van der Waals surface area (Å²) in [5.74, 6) is -0.187. The van der Waals surface area contributed by atoms with E-state index in [0.29, 0.717) is 29.0 Å². The molecule has 0 aliphatic carbocycles. The third-order valence-electron chi connectivity index (χ3n) is 5.85. The van der Waals surface area contributed by atoms with Gasteiger partial charge in [0.2, 0.25) is 0 Å². The third kappa shape index (κ3) is 4.26. The normalized spacial score (nSPS) is 12.5. The average Bonchev–Trinajstić information content (AvgIpc) is 3.22. The molecule has 170 valence electrons. The number of nitrogens with zero attached hydrogens (tertiary/aromatic N) is 2. The van der Waals surface area contributed by atoms with Crippen molar-refractivity contribution in [3.05, 3.63) is 101 Å². The van der Waals surface area contributed by atoms with Crippen LogP contribution in [0.5, 0.6) is 0 Å². The summed E-state index contributed by atoms with van der Waals surface area (Å²) in [6, 6.07) is 23.5. The number of aromatic nitrogens is 1. The SMILES string of the molecule is Cc1noc(-c2ccc(-c3ccc(CC#N)cc3)cc2)c1C(C)(NC(=O)O)c1ccccc1F. The van der Waals surface area contributed by atoms with Gasteiger partial charge in [-0.15, -0.1) is 0 Å². The van der Waals surface area contributed by atoms with Crippen LogP contribution in [0.15, 0.2) is 77.3 Å². The molecule has 0 aliphatic rings. The van der Waals surface area contributed by atoms with E-state index in [-0.39, 0.29) is 5.56 Å². The molecular weight excluding hydrogens is 433 g/mol. The molecule has 6 nitrogen and oxygen atoms in total. The van der Waals surface area contributed by atoms with Gasteiger partial charge >= 0.3 is 6.09 Å². The quantitative estimate of drug-likeness (QED) is 0.369. The van der Waals surface area contributed by atoms with Crippen LogP contribution < -0.4 is 5.32 Å². The van der Waals surface area contributed by atoms with Crippen molar-refractivity contribution in [2.45, 2.75) is 25.8 Å². The summed E-state index contributed by atoms with van der Waals surface area (Å²) < 4.78 is 20.4. The van der Waals surface area contributed by atoms with Crippen molar-refractivity contribution in [2.75, 3.05) is 0 Å². The summed E-state index contributed by atoms with van der Waals surface area (Å²) >= 11 is 0. The standard InChI is InChI=1S/C27H22FN3O3/c1-17-24(27(2,30-26(32)33)22-5-3-4-6-23(22)28)25(34-31-17)21-13-11-20(12-14-21)19-9-7-18(8-10-19)15-16-29/h3-14,30H,15H2,1-2H3,(H,32,33). The molecule has 0 radical (unpaired) electrons. The van der Waals surface area contributed by atoms with Crippen molar-refractivity contribution in [1.82, 2.24) is 10.5 Å². The van der Waals surface area contributed by atoms with E-state index in [0.717, 1.165) is 16.7 Å². The maximum absolute atomic E-state index is 14.8. The summed E-state index contributed by atoms with van der Waals surface area (Å²) in [5, 5.41) is 25.0. The molecule has 0 saturated carbocycles. The van der Waals surface area contributed by atoms with Gasteiger partial charge in [-0.2, -0.15) is 5.26 Å². The fraction of sp³-hybridized carbons (Fsp3) is 0.148. The molecule has 4 rings (SSSR count). The van der Waals surface area contributed by atoms with Crippen LogP contribution in [0.4, 0.5) is 9.18 Å². The average molecular weight is 455 g/mol. The zero-order valence-corrected chi connectivity index (χ0v) is 18.7. The molecule has 7 heteroatoms. The minimum absolute atomic E-state index is 0.166. The number of aryl methyl sites for hydroxylation is 1. The minimum atomic E-state index is -1.44. The Balaban J connectivity index is 1.77. The highest BCUT2D eigenvalue weighted by Crippen LogP contribution is 2.40. The first-order valence-corrected chi connectivity index (χ1v) is 10.6. The zero-order chi connectivity index (χ0) is 24.3. The molecule has 1 aromatic heterocycles. The monoisotopic (exact) mass is 455 g/mol. The smallest absolute Gasteiger partial charge is 0.405 e. The number of hydrogen-bond acceptors (Lipinski definition) is 4. The summed E-state index contributed by atoms with van der Waals surface area (Å²) in [6.07, 6.45) is -0.939. The van der Waals surface area contributed by atoms with E-state index in [1.54, 1.807) is 32.0 Å². The maximum Gasteiger partial charge on any atom is 0.405 e. The molecule has 0 spiro atoms. The first kappa shape index (κ1) is 22.7. The van der Waals surface area contributed by atoms with Crippen LogP contribution >= 0.6 is 0 Å². The lowest BCUT2D eigenvalue weighted by Crippen LogP contribution is -2.45. The Labute approximate surface area is 196 Å². The van der Waals surface area contributed by atoms with Gasteiger partial charge in [-0.3, -0.25) is 0 Å². The number of nitrogens with one attached hydrogen (secondary N) is 1. The topological polar surface area (TPSA) is 99.2 Å². The number of rotatable bonds is 6. The van der Waals surface area contributed by atoms with Crippen molar-refractivity contribution >= 4 is 6.09 Å². The summed E-state index contributed by atoms with van der Waals surface area (Å²) in [6.45, 7) is 3.29. The second-order valence-corrected chi connectivity index (χ2v) is 8.12. The predicted octanol–water partition coefficient (Wildman–Crippen LogP) is 6.05. The summed E-state index contributed by atoms with van der Waals surface area (Å²) in [4.78, 5) is 11.7. The molecule has 1 unspecified atom stereocenters. The Morgan fingerprint density at radius 2 is 1.65 bits per heavy atom. The Morgan fingerprint density at radius 1 is 1.06 bits per heavy atom. The zero-order valence-electron chi connectivity index (χ0n) is 18.7. The summed E-state index contributed by atoms with van der Waals surface area (Å²) in [7, 11) is 0. The Morgan fingerprint density at radius 3 is 2.24 bits per heavy atom. The van der Waals surface area contributed by atoms with Crippen molar-refractivity contribution in [3.8, 4) is 28.5 Å². The molecule has 1 amide bonds. The molecular formula is C27H22FN3O3. The molecule has 1 atom stereocenters. The van der Waals surface area contributed by atoms with Gasteiger partial charge in [0.15, 0.2) is 5.76 Å². The van der Waals surface area contributed by atoms with E-state index < -0.39 is 17.4 Å². The van der Waals surface area contributed by atoms with Gasteiger partial charge < -0.3 is 14.9 Å². The second kappa shape index (κ2) is 9.20. The largest absolute Gasteiger partial charge is 0.465 e. The van der Waals surface area contributed by atoms with Crippen molar-refractivity contribution in [2.24, 2.45) is 0 Å². The lowest BCUT2D eigenvalue weighted by molar-refractivity contribution is 0.184. The Bertz CT molecular complexity index is 1370. The fourth-order valence-corrected chi connectivity index (χ4v) is 4.22. The summed E-state index contributed by atoms with van der Waals surface area (Å²) in [5.41, 5.74) is 3.19. The lowest BCUT2D eigenvalue weighted by atomic mass is 9.82.